The van der Waals surface area contributed by atoms with E-state index in [9.17, 15) is 15.3 Å². The van der Waals surface area contributed by atoms with Gasteiger partial charge in [-0.15, -0.1) is 0 Å². The lowest BCUT2D eigenvalue weighted by Crippen LogP contribution is -2.47. The van der Waals surface area contributed by atoms with Gasteiger partial charge in [0.2, 0.25) is 0 Å². The van der Waals surface area contributed by atoms with Crippen molar-refractivity contribution in [1.29, 1.82) is 0 Å². The Balaban J connectivity index is 2.46. The van der Waals surface area contributed by atoms with Crippen molar-refractivity contribution < 1.29 is 24.8 Å². The molecule has 0 unspecified atom stereocenters. The summed E-state index contributed by atoms with van der Waals surface area (Å²) in [6, 6.07) is -0.596. The van der Waals surface area contributed by atoms with Crippen molar-refractivity contribution in [3.63, 3.8) is 0 Å². The number of nitrogens with two attached hydrogens (primary N) is 1. The maximum Gasteiger partial charge on any atom is 0.184 e. The minimum Gasteiger partial charge on any atom is -0.387 e. The Labute approximate surface area is 95.0 Å². The molecule has 0 aromatic rings. The number of aliphatic hydroxyl groups excluding tert-OH is 3. The smallest absolute Gasteiger partial charge is 0.184 e. The Morgan fingerprint density at radius 3 is 2.19 bits per heavy atom. The third-order valence-corrected chi connectivity index (χ3v) is 2.41. The van der Waals surface area contributed by atoms with Crippen molar-refractivity contribution in [2.24, 2.45) is 5.73 Å². The lowest BCUT2D eigenvalue weighted by atomic mass is 10.0. The molecule has 1 rings (SSSR count). The Bertz CT molecular complexity index is 230. The average molecular weight is 235 g/mol. The van der Waals surface area contributed by atoms with Gasteiger partial charge in [0.15, 0.2) is 6.29 Å². The maximum atomic E-state index is 9.56. The highest BCUT2D eigenvalue weighted by atomic mass is 16.6. The fourth-order valence-corrected chi connectivity index (χ4v) is 1.48. The van der Waals surface area contributed by atoms with E-state index in [4.69, 9.17) is 15.2 Å². The Kier molecular flexibility index (Phi) is 4.28. The van der Waals surface area contributed by atoms with Gasteiger partial charge in [0, 0.05) is 0 Å². The summed E-state index contributed by atoms with van der Waals surface area (Å²) < 4.78 is 10.4. The van der Waals surface area contributed by atoms with Gasteiger partial charge in [-0.1, -0.05) is 0 Å². The Morgan fingerprint density at radius 2 is 1.81 bits per heavy atom. The van der Waals surface area contributed by atoms with Gasteiger partial charge in [-0.05, 0) is 20.8 Å². The van der Waals surface area contributed by atoms with Gasteiger partial charge in [-0.25, -0.2) is 0 Å². The molecule has 0 bridgehead atoms. The summed E-state index contributed by atoms with van der Waals surface area (Å²) in [6.45, 7) is 5.84. The molecule has 6 heteroatoms. The van der Waals surface area contributed by atoms with Crippen LogP contribution in [0, 0.1) is 0 Å². The molecule has 5 N–H and O–H groups in total. The van der Waals surface area contributed by atoms with Gasteiger partial charge >= 0.3 is 0 Å². The second-order valence-electron chi connectivity index (χ2n) is 5.06. The average Bonchev–Trinajstić information content (AvgIpc) is 2.41. The summed E-state index contributed by atoms with van der Waals surface area (Å²) in [5.41, 5.74) is 5.43. The quantitative estimate of drug-likeness (QED) is 0.478. The van der Waals surface area contributed by atoms with Gasteiger partial charge < -0.3 is 30.5 Å². The van der Waals surface area contributed by atoms with Crippen molar-refractivity contribution >= 4 is 0 Å². The lowest BCUT2D eigenvalue weighted by molar-refractivity contribution is -0.135. The topological polar surface area (TPSA) is 105 Å². The number of rotatable bonds is 3. The predicted octanol–water partition coefficient (Wildman–Crippen LogP) is -1.43. The third-order valence-electron chi connectivity index (χ3n) is 2.41. The van der Waals surface area contributed by atoms with Crippen LogP contribution in [0.2, 0.25) is 0 Å². The van der Waals surface area contributed by atoms with Crippen LogP contribution in [0.3, 0.4) is 0 Å². The number of hydrogen-bond donors (Lipinski definition) is 4. The number of hydrogen-bond acceptors (Lipinski definition) is 6. The van der Waals surface area contributed by atoms with E-state index < -0.39 is 30.6 Å². The first-order valence-electron chi connectivity index (χ1n) is 5.31. The summed E-state index contributed by atoms with van der Waals surface area (Å²) >= 11 is 0. The summed E-state index contributed by atoms with van der Waals surface area (Å²) in [4.78, 5) is 0. The molecule has 1 heterocycles. The van der Waals surface area contributed by atoms with Crippen LogP contribution in [-0.2, 0) is 9.47 Å². The molecule has 5 atom stereocenters. The summed E-state index contributed by atoms with van der Waals surface area (Å²) in [5.74, 6) is 0. The molecule has 0 aromatic heterocycles. The lowest BCUT2D eigenvalue weighted by Gasteiger charge is -2.26. The van der Waals surface area contributed by atoms with Crippen LogP contribution in [0.25, 0.3) is 0 Å². The molecule has 0 aliphatic carbocycles. The first kappa shape index (κ1) is 13.8. The van der Waals surface area contributed by atoms with Crippen LogP contribution in [0.4, 0.5) is 0 Å². The molecule has 0 radical (unpaired) electrons. The van der Waals surface area contributed by atoms with Crippen LogP contribution < -0.4 is 5.73 Å². The molecule has 0 aromatic carbocycles. The van der Waals surface area contributed by atoms with Crippen LogP contribution in [0.1, 0.15) is 20.8 Å². The van der Waals surface area contributed by atoms with Gasteiger partial charge in [0.05, 0.1) is 18.2 Å². The highest BCUT2D eigenvalue weighted by molar-refractivity contribution is 4.92. The molecule has 1 aliphatic heterocycles. The van der Waals surface area contributed by atoms with Gasteiger partial charge in [0.1, 0.15) is 18.3 Å². The monoisotopic (exact) mass is 235 g/mol. The zero-order chi connectivity index (χ0) is 12.5. The number of ether oxygens (including phenoxy) is 2. The normalized spacial score (nSPS) is 37.7. The fourth-order valence-electron chi connectivity index (χ4n) is 1.48. The van der Waals surface area contributed by atoms with Crippen LogP contribution >= 0.6 is 0 Å². The number of aliphatic hydroxyl groups is 3. The highest BCUT2D eigenvalue weighted by Crippen LogP contribution is 2.22. The van der Waals surface area contributed by atoms with Gasteiger partial charge in [-0.2, -0.15) is 0 Å². The Hall–Kier alpha value is -0.240. The SMILES string of the molecule is CC(C)(C)OC[C@@H](N)[C@@H]1O[C@@H](O)[C@@H](O)[C@@H]1O. The van der Waals surface area contributed by atoms with Crippen molar-refractivity contribution in [1.82, 2.24) is 0 Å². The molecule has 1 aliphatic rings. The van der Waals surface area contributed by atoms with Crippen LogP contribution in [-0.4, -0.2) is 58.2 Å². The van der Waals surface area contributed by atoms with E-state index in [2.05, 4.69) is 0 Å². The van der Waals surface area contributed by atoms with Gasteiger partial charge in [-0.3, -0.25) is 0 Å². The van der Waals surface area contributed by atoms with E-state index in [0.717, 1.165) is 0 Å². The van der Waals surface area contributed by atoms with Crippen LogP contribution in [0.15, 0.2) is 0 Å². The zero-order valence-electron chi connectivity index (χ0n) is 9.83. The second kappa shape index (κ2) is 4.95. The van der Waals surface area contributed by atoms with E-state index in [-0.39, 0.29) is 12.2 Å². The van der Waals surface area contributed by atoms with Crippen molar-refractivity contribution in [2.45, 2.75) is 57.0 Å². The zero-order valence-corrected chi connectivity index (χ0v) is 9.83. The van der Waals surface area contributed by atoms with Gasteiger partial charge in [0.25, 0.3) is 0 Å². The first-order valence-corrected chi connectivity index (χ1v) is 5.31. The maximum absolute atomic E-state index is 9.56. The molecule has 96 valence electrons. The minimum absolute atomic E-state index is 0.185. The van der Waals surface area contributed by atoms with Crippen molar-refractivity contribution in [3.05, 3.63) is 0 Å². The van der Waals surface area contributed by atoms with E-state index in [1.54, 1.807) is 0 Å². The first-order chi connectivity index (χ1) is 7.22. The molecule has 0 saturated carbocycles. The predicted molar refractivity (Wildman–Crippen MR) is 56.6 cm³/mol. The van der Waals surface area contributed by atoms with Crippen molar-refractivity contribution in [2.75, 3.05) is 6.61 Å². The second-order valence-corrected chi connectivity index (χ2v) is 5.06. The summed E-state index contributed by atoms with van der Waals surface area (Å²) in [7, 11) is 0. The largest absolute Gasteiger partial charge is 0.387 e. The van der Waals surface area contributed by atoms with E-state index in [1.807, 2.05) is 20.8 Å². The van der Waals surface area contributed by atoms with Crippen LogP contribution in [0.5, 0.6) is 0 Å². The van der Waals surface area contributed by atoms with E-state index >= 15 is 0 Å². The molecule has 1 fully saturated rings. The highest BCUT2D eigenvalue weighted by Gasteiger charge is 2.44. The summed E-state index contributed by atoms with van der Waals surface area (Å²) in [5, 5.41) is 28.0. The van der Waals surface area contributed by atoms with E-state index in [0.29, 0.717) is 0 Å². The summed E-state index contributed by atoms with van der Waals surface area (Å²) in [6.07, 6.45) is -4.70. The molecule has 0 amide bonds. The molecule has 16 heavy (non-hydrogen) atoms. The molecule has 6 nitrogen and oxygen atoms in total. The van der Waals surface area contributed by atoms with Crippen molar-refractivity contribution in [3.8, 4) is 0 Å². The third kappa shape index (κ3) is 3.38. The van der Waals surface area contributed by atoms with E-state index in [1.165, 1.54) is 0 Å². The molecule has 1 saturated heterocycles. The molecular formula is C10H21NO5. The molecule has 0 spiro atoms. The standard InChI is InChI=1S/C10H21NO5/c1-10(2,3)15-4-5(11)8-6(12)7(13)9(14)16-8/h5-9,12-14H,4,11H2,1-3H3/t5-,6+,7+,8+,9-/m1/s1. The molecular weight excluding hydrogens is 214 g/mol. The minimum atomic E-state index is -1.39. The Morgan fingerprint density at radius 1 is 1.25 bits per heavy atom. The fraction of sp³-hybridized carbons (Fsp3) is 1.00.